The number of hydrogen-bond acceptors (Lipinski definition) is 4. The van der Waals surface area contributed by atoms with E-state index < -0.39 is 18.7 Å². The molecule has 0 unspecified atom stereocenters. The topological polar surface area (TPSA) is 80.9 Å². The minimum absolute atomic E-state index is 4.89. The Hall–Kier alpha value is 0.580. The molecule has 0 bridgehead atoms. The van der Waals surface area contributed by atoms with Crippen molar-refractivity contribution in [2.75, 3.05) is 0 Å². The Bertz CT molecular complexity index is 19.1. The molecular weight excluding hydrogens is 261 g/mol. The van der Waals surface area contributed by atoms with Crippen molar-refractivity contribution in [1.82, 2.24) is 0 Å². The maximum atomic E-state index is 7.36. The molecule has 4 N–H and O–H groups in total. The minimum atomic E-state index is -4.89. The average Bonchev–Trinajstić information content (AvgIpc) is 0.722. The second-order valence-corrected chi connectivity index (χ2v) is 2.96. The van der Waals surface area contributed by atoms with E-state index in [1.54, 1.807) is 0 Å². The molecule has 4 nitrogen and oxygen atoms in total. The van der Waals surface area contributed by atoms with Crippen LogP contribution in [0.3, 0.4) is 0 Å². The van der Waals surface area contributed by atoms with Crippen LogP contribution in [-0.2, 0) is 18.7 Å². The second-order valence-electron chi connectivity index (χ2n) is 0.362. The van der Waals surface area contributed by atoms with Crippen LogP contribution in [0.1, 0.15) is 0 Å². The van der Waals surface area contributed by atoms with E-state index in [1.165, 1.54) is 0 Å². The van der Waals surface area contributed by atoms with Gasteiger partial charge in [-0.25, -0.2) is 0 Å². The molecule has 39 valence electrons. The first-order valence-electron chi connectivity index (χ1n) is 0.539. The standard InChI is InChI=1S/Au.4H2O/h;4*1H2/q+4;;;;/p-4. The van der Waals surface area contributed by atoms with Crippen LogP contribution in [0.5, 0.6) is 0 Å². The van der Waals surface area contributed by atoms with Gasteiger partial charge in [0.2, 0.25) is 0 Å². The van der Waals surface area contributed by atoms with Crippen LogP contribution < -0.4 is 0 Å². The van der Waals surface area contributed by atoms with Crippen LogP contribution in [0.25, 0.3) is 0 Å². The molecule has 0 saturated carbocycles. The molecule has 0 heterocycles. The molecule has 0 atom stereocenters. The summed E-state index contributed by atoms with van der Waals surface area (Å²) in [5.41, 5.74) is 0. The zero-order chi connectivity index (χ0) is 4.50. The Labute approximate surface area is 33.8 Å². The molecule has 0 radical (unpaired) electrons. The zero-order valence-electron chi connectivity index (χ0n) is 2.09. The molecule has 0 fully saturated rings. The van der Waals surface area contributed by atoms with E-state index in [-0.39, 0.29) is 0 Å². The molecule has 0 aliphatic heterocycles. The van der Waals surface area contributed by atoms with Gasteiger partial charge in [0.15, 0.2) is 0 Å². The number of hydrogen-bond donors (Lipinski definition) is 4. The zero-order valence-corrected chi connectivity index (χ0v) is 4.26. The van der Waals surface area contributed by atoms with Gasteiger partial charge < -0.3 is 0 Å². The van der Waals surface area contributed by atoms with Gasteiger partial charge in [-0.2, -0.15) is 0 Å². The van der Waals surface area contributed by atoms with Crippen LogP contribution >= 0.6 is 0 Å². The van der Waals surface area contributed by atoms with E-state index >= 15 is 0 Å². The van der Waals surface area contributed by atoms with Gasteiger partial charge in [0.05, 0.1) is 0 Å². The Morgan fingerprint density at radius 2 is 0.800 bits per heavy atom. The van der Waals surface area contributed by atoms with Crippen LogP contribution in [0.2, 0.25) is 0 Å². The molecule has 0 amide bonds. The van der Waals surface area contributed by atoms with Crippen molar-refractivity contribution in [3.63, 3.8) is 0 Å². The molecule has 0 aliphatic rings. The maximum absolute atomic E-state index is 7.36. The molecule has 0 rings (SSSR count). The molecule has 0 aliphatic carbocycles. The predicted molar refractivity (Wildman–Crippen MR) is 8.88 cm³/mol. The van der Waals surface area contributed by atoms with Gasteiger partial charge in [-0.05, 0) is 0 Å². The molecule has 0 aromatic heterocycles. The number of rotatable bonds is 0. The van der Waals surface area contributed by atoms with Crippen molar-refractivity contribution in [1.29, 1.82) is 0 Å². The Morgan fingerprint density at radius 3 is 0.800 bits per heavy atom. The monoisotopic (exact) mass is 265 g/mol. The van der Waals surface area contributed by atoms with Crippen molar-refractivity contribution < 1.29 is 33.2 Å². The molecule has 0 aromatic carbocycles. The SMILES string of the molecule is [OH][Au]([OH])([OH])[OH]. The van der Waals surface area contributed by atoms with Crippen molar-refractivity contribution in [3.8, 4) is 0 Å². The van der Waals surface area contributed by atoms with E-state index in [2.05, 4.69) is 0 Å². The third kappa shape index (κ3) is 90.6. The van der Waals surface area contributed by atoms with E-state index in [4.69, 9.17) is 14.5 Å². The summed E-state index contributed by atoms with van der Waals surface area (Å²) in [4.78, 5) is 0. The Morgan fingerprint density at radius 1 is 0.800 bits per heavy atom. The van der Waals surface area contributed by atoms with E-state index in [1.807, 2.05) is 0 Å². The van der Waals surface area contributed by atoms with Crippen LogP contribution in [0, 0.1) is 0 Å². The molecule has 5 heteroatoms. The van der Waals surface area contributed by atoms with Crippen molar-refractivity contribution in [2.24, 2.45) is 0 Å². The fraction of sp³-hybridized carbons (Fsp3) is 0. The van der Waals surface area contributed by atoms with Gasteiger partial charge in [-0.15, -0.1) is 0 Å². The van der Waals surface area contributed by atoms with Crippen molar-refractivity contribution in [2.45, 2.75) is 0 Å². The quantitative estimate of drug-likeness (QED) is 0.374. The van der Waals surface area contributed by atoms with E-state index in [0.29, 0.717) is 0 Å². The van der Waals surface area contributed by atoms with Gasteiger partial charge in [-0.3, -0.25) is 0 Å². The summed E-state index contributed by atoms with van der Waals surface area (Å²) < 4.78 is 29.4. The molecular formula is H4AuO4. The fourth-order valence-corrected chi connectivity index (χ4v) is 0. The summed E-state index contributed by atoms with van der Waals surface area (Å²) in [5.74, 6) is 0. The molecule has 0 aromatic rings. The van der Waals surface area contributed by atoms with Gasteiger partial charge in [0.1, 0.15) is 0 Å². The normalized spacial score (nSPS) is 15.2. The summed E-state index contributed by atoms with van der Waals surface area (Å²) >= 11 is -4.89. The second kappa shape index (κ2) is 1.36. The van der Waals surface area contributed by atoms with Crippen LogP contribution in [0.4, 0.5) is 0 Å². The van der Waals surface area contributed by atoms with Crippen molar-refractivity contribution in [3.05, 3.63) is 0 Å². The summed E-state index contributed by atoms with van der Waals surface area (Å²) in [7, 11) is 0. The Kier molecular flexibility index (Phi) is 1.51. The molecule has 5 heavy (non-hydrogen) atoms. The summed E-state index contributed by atoms with van der Waals surface area (Å²) in [6.07, 6.45) is 0. The first-order chi connectivity index (χ1) is 2.00. The van der Waals surface area contributed by atoms with Crippen LogP contribution in [-0.4, -0.2) is 14.5 Å². The van der Waals surface area contributed by atoms with Crippen LogP contribution in [0.15, 0.2) is 0 Å². The predicted octanol–water partition coefficient (Wildman–Crippen LogP) is -2.23. The van der Waals surface area contributed by atoms with Gasteiger partial charge >= 0.3 is 33.2 Å². The molecule has 0 spiro atoms. The average molecular weight is 265 g/mol. The first-order valence-corrected chi connectivity index (χ1v) is 4.41. The van der Waals surface area contributed by atoms with Gasteiger partial charge in [0.25, 0.3) is 0 Å². The Balaban J connectivity index is 3.02. The summed E-state index contributed by atoms with van der Waals surface area (Å²) in [6.45, 7) is 0. The van der Waals surface area contributed by atoms with Gasteiger partial charge in [-0.1, -0.05) is 0 Å². The summed E-state index contributed by atoms with van der Waals surface area (Å²) in [6, 6.07) is 0. The van der Waals surface area contributed by atoms with E-state index in [9.17, 15) is 0 Å². The fourth-order valence-electron chi connectivity index (χ4n) is 0. The van der Waals surface area contributed by atoms with E-state index in [0.717, 1.165) is 0 Å². The van der Waals surface area contributed by atoms with Crippen molar-refractivity contribution >= 4 is 0 Å². The third-order valence-corrected chi connectivity index (χ3v) is 0. The molecule has 0 saturated heterocycles. The van der Waals surface area contributed by atoms with Gasteiger partial charge in [0, 0.05) is 0 Å². The summed E-state index contributed by atoms with van der Waals surface area (Å²) in [5, 5.41) is 0. The third-order valence-electron chi connectivity index (χ3n) is 0. The first kappa shape index (κ1) is 5.58.